The first-order chi connectivity index (χ1) is 7.16. The van der Waals surface area contributed by atoms with E-state index in [0.29, 0.717) is 17.8 Å². The first kappa shape index (κ1) is 10.4. The van der Waals surface area contributed by atoms with Crippen molar-refractivity contribution in [3.63, 3.8) is 0 Å². The molecule has 0 unspecified atom stereocenters. The number of aryl methyl sites for hydroxylation is 1. The molecule has 1 aromatic heterocycles. The maximum atomic E-state index is 9.47. The molecule has 0 aromatic carbocycles. The first-order valence-electron chi connectivity index (χ1n) is 5.40. The maximum absolute atomic E-state index is 9.47. The van der Waals surface area contributed by atoms with Crippen molar-refractivity contribution < 1.29 is 9.63 Å². The van der Waals surface area contributed by atoms with Gasteiger partial charge in [0.15, 0.2) is 5.82 Å². The van der Waals surface area contributed by atoms with Gasteiger partial charge in [0.1, 0.15) is 0 Å². The van der Waals surface area contributed by atoms with Crippen molar-refractivity contribution in [2.24, 2.45) is 5.92 Å². The van der Waals surface area contributed by atoms with E-state index in [1.807, 2.05) is 13.8 Å². The summed E-state index contributed by atoms with van der Waals surface area (Å²) in [6.45, 7) is 5.45. The number of anilines is 1. The van der Waals surface area contributed by atoms with Crippen LogP contribution in [0.2, 0.25) is 0 Å². The summed E-state index contributed by atoms with van der Waals surface area (Å²) < 4.78 is 5.10. The van der Waals surface area contributed by atoms with E-state index in [9.17, 15) is 5.11 Å². The fourth-order valence-electron chi connectivity index (χ4n) is 1.99. The Bertz CT molecular complexity index is 316. The van der Waals surface area contributed by atoms with Crippen molar-refractivity contribution in [3.8, 4) is 0 Å². The van der Waals surface area contributed by atoms with E-state index in [1.165, 1.54) is 0 Å². The molecule has 1 N–H and O–H groups in total. The van der Waals surface area contributed by atoms with Crippen LogP contribution in [0.15, 0.2) is 4.52 Å². The third-order valence-electron chi connectivity index (χ3n) is 3.01. The molecule has 1 aliphatic rings. The van der Waals surface area contributed by atoms with Gasteiger partial charge in [0, 0.05) is 13.1 Å². The van der Waals surface area contributed by atoms with Crippen LogP contribution in [0.3, 0.4) is 0 Å². The minimum Gasteiger partial charge on any atom is -0.393 e. The van der Waals surface area contributed by atoms with Gasteiger partial charge in [0.25, 0.3) is 0 Å². The highest BCUT2D eigenvalue weighted by Gasteiger charge is 2.25. The van der Waals surface area contributed by atoms with E-state index in [2.05, 4.69) is 15.0 Å². The Hall–Kier alpha value is -1.10. The SMILES string of the molecule is Cc1noc(N2CCC([C@H](C)O)CC2)n1. The quantitative estimate of drug-likeness (QED) is 0.790. The molecule has 0 bridgehead atoms. The molecule has 1 fully saturated rings. The van der Waals surface area contributed by atoms with Crippen LogP contribution in [0, 0.1) is 12.8 Å². The third-order valence-corrected chi connectivity index (χ3v) is 3.01. The van der Waals surface area contributed by atoms with Crippen molar-refractivity contribution in [1.29, 1.82) is 0 Å². The van der Waals surface area contributed by atoms with Gasteiger partial charge in [-0.1, -0.05) is 5.16 Å². The molecule has 1 saturated heterocycles. The normalized spacial score (nSPS) is 20.6. The Balaban J connectivity index is 1.93. The van der Waals surface area contributed by atoms with Gasteiger partial charge >= 0.3 is 6.01 Å². The predicted molar refractivity (Wildman–Crippen MR) is 55.7 cm³/mol. The van der Waals surface area contributed by atoms with Crippen molar-refractivity contribution in [2.45, 2.75) is 32.8 Å². The molecule has 5 nitrogen and oxygen atoms in total. The van der Waals surface area contributed by atoms with E-state index in [4.69, 9.17) is 4.52 Å². The van der Waals surface area contributed by atoms with E-state index < -0.39 is 0 Å². The second kappa shape index (κ2) is 4.18. The first-order valence-corrected chi connectivity index (χ1v) is 5.40. The summed E-state index contributed by atoms with van der Waals surface area (Å²) in [5, 5.41) is 13.2. The minimum atomic E-state index is -0.212. The third kappa shape index (κ3) is 2.28. The molecule has 5 heteroatoms. The maximum Gasteiger partial charge on any atom is 0.324 e. The monoisotopic (exact) mass is 211 g/mol. The Kier molecular flexibility index (Phi) is 2.90. The van der Waals surface area contributed by atoms with Crippen LogP contribution in [0.5, 0.6) is 0 Å². The Morgan fingerprint density at radius 1 is 1.47 bits per heavy atom. The van der Waals surface area contributed by atoms with E-state index in [1.54, 1.807) is 0 Å². The zero-order valence-electron chi connectivity index (χ0n) is 9.18. The number of nitrogens with zero attached hydrogens (tertiary/aromatic N) is 3. The number of rotatable bonds is 2. The van der Waals surface area contributed by atoms with Crippen LogP contribution in [0.1, 0.15) is 25.6 Å². The lowest BCUT2D eigenvalue weighted by molar-refractivity contribution is 0.109. The molecule has 1 atom stereocenters. The molecule has 0 spiro atoms. The molecule has 1 aromatic rings. The van der Waals surface area contributed by atoms with Gasteiger partial charge in [-0.3, -0.25) is 0 Å². The van der Waals surface area contributed by atoms with Gasteiger partial charge in [-0.25, -0.2) is 0 Å². The Morgan fingerprint density at radius 3 is 2.60 bits per heavy atom. The molecular formula is C10H17N3O2. The lowest BCUT2D eigenvalue weighted by Crippen LogP contribution is -2.37. The Labute approximate surface area is 89.1 Å². The molecule has 0 saturated carbocycles. The van der Waals surface area contributed by atoms with Gasteiger partial charge in [0.05, 0.1) is 6.10 Å². The van der Waals surface area contributed by atoms with E-state index in [-0.39, 0.29) is 6.10 Å². The van der Waals surface area contributed by atoms with Crippen molar-refractivity contribution >= 4 is 6.01 Å². The average molecular weight is 211 g/mol. The smallest absolute Gasteiger partial charge is 0.324 e. The topological polar surface area (TPSA) is 62.4 Å². The average Bonchev–Trinajstić information content (AvgIpc) is 2.65. The van der Waals surface area contributed by atoms with Crippen molar-refractivity contribution in [1.82, 2.24) is 10.1 Å². The van der Waals surface area contributed by atoms with E-state index >= 15 is 0 Å². The zero-order valence-corrected chi connectivity index (χ0v) is 9.18. The summed E-state index contributed by atoms with van der Waals surface area (Å²) in [6.07, 6.45) is 1.76. The summed E-state index contributed by atoms with van der Waals surface area (Å²) in [6, 6.07) is 0.608. The van der Waals surface area contributed by atoms with Crippen LogP contribution < -0.4 is 4.90 Å². The van der Waals surface area contributed by atoms with Gasteiger partial charge in [0.2, 0.25) is 0 Å². The van der Waals surface area contributed by atoms with Gasteiger partial charge in [-0.2, -0.15) is 4.98 Å². The summed E-state index contributed by atoms with van der Waals surface area (Å²) in [5.74, 6) is 1.08. The fourth-order valence-corrected chi connectivity index (χ4v) is 1.99. The summed E-state index contributed by atoms with van der Waals surface area (Å²) in [5.41, 5.74) is 0. The fraction of sp³-hybridized carbons (Fsp3) is 0.800. The van der Waals surface area contributed by atoms with Gasteiger partial charge in [-0.05, 0) is 32.6 Å². The van der Waals surface area contributed by atoms with Crippen molar-refractivity contribution in [3.05, 3.63) is 5.82 Å². The number of aliphatic hydroxyl groups excluding tert-OH is 1. The highest BCUT2D eigenvalue weighted by Crippen LogP contribution is 2.23. The molecule has 2 heterocycles. The summed E-state index contributed by atoms with van der Waals surface area (Å²) in [4.78, 5) is 6.27. The predicted octanol–water partition coefficient (Wildman–Crippen LogP) is 0.975. The molecule has 84 valence electrons. The number of aromatic nitrogens is 2. The number of hydrogen-bond donors (Lipinski definition) is 1. The second-order valence-electron chi connectivity index (χ2n) is 4.19. The minimum absolute atomic E-state index is 0.212. The molecular weight excluding hydrogens is 194 g/mol. The highest BCUT2D eigenvalue weighted by molar-refractivity contribution is 5.25. The largest absolute Gasteiger partial charge is 0.393 e. The summed E-state index contributed by atoms with van der Waals surface area (Å²) in [7, 11) is 0. The number of aliphatic hydroxyl groups is 1. The van der Waals surface area contributed by atoms with Crippen LogP contribution >= 0.6 is 0 Å². The second-order valence-corrected chi connectivity index (χ2v) is 4.19. The lowest BCUT2D eigenvalue weighted by Gasteiger charge is -2.31. The van der Waals surface area contributed by atoms with E-state index in [0.717, 1.165) is 25.9 Å². The molecule has 0 amide bonds. The highest BCUT2D eigenvalue weighted by atomic mass is 16.5. The van der Waals surface area contributed by atoms with Crippen LogP contribution in [0.25, 0.3) is 0 Å². The summed E-state index contributed by atoms with van der Waals surface area (Å²) >= 11 is 0. The van der Waals surface area contributed by atoms with Gasteiger partial charge < -0.3 is 14.5 Å². The standard InChI is InChI=1S/C10H17N3O2/c1-7(14)9-3-5-13(6-4-9)10-11-8(2)12-15-10/h7,9,14H,3-6H2,1-2H3/t7-/m0/s1. The lowest BCUT2D eigenvalue weighted by atomic mass is 9.92. The molecule has 0 aliphatic carbocycles. The number of hydrogen-bond acceptors (Lipinski definition) is 5. The zero-order chi connectivity index (χ0) is 10.8. The van der Waals surface area contributed by atoms with Crippen LogP contribution in [0.4, 0.5) is 6.01 Å². The molecule has 2 rings (SSSR count). The van der Waals surface area contributed by atoms with Crippen LogP contribution in [-0.2, 0) is 0 Å². The van der Waals surface area contributed by atoms with Crippen LogP contribution in [-0.4, -0.2) is 34.4 Å². The van der Waals surface area contributed by atoms with Gasteiger partial charge in [-0.15, -0.1) is 0 Å². The Morgan fingerprint density at radius 2 is 2.13 bits per heavy atom. The molecule has 1 aliphatic heterocycles. The van der Waals surface area contributed by atoms with Crippen molar-refractivity contribution in [2.75, 3.05) is 18.0 Å². The molecule has 15 heavy (non-hydrogen) atoms. The molecule has 0 radical (unpaired) electrons. The number of piperidine rings is 1.